The molecule has 0 aromatic heterocycles. The minimum absolute atomic E-state index is 0.183. The van der Waals surface area contributed by atoms with E-state index in [-0.39, 0.29) is 5.38 Å². The minimum atomic E-state index is 0.183. The van der Waals surface area contributed by atoms with Gasteiger partial charge in [-0.25, -0.2) is 0 Å². The first kappa shape index (κ1) is 12.4. The molecule has 1 nitrogen and oxygen atoms in total. The van der Waals surface area contributed by atoms with E-state index in [9.17, 15) is 0 Å². The van der Waals surface area contributed by atoms with E-state index in [1.807, 2.05) is 0 Å². The minimum Gasteiger partial charge on any atom is -0.308 e. The van der Waals surface area contributed by atoms with Gasteiger partial charge in [0.25, 0.3) is 0 Å². The third kappa shape index (κ3) is 1.97. The highest BCUT2D eigenvalue weighted by atomic mass is 35.5. The largest absolute Gasteiger partial charge is 0.308 e. The number of fused-ring (bicyclic) bond motifs is 2. The molecule has 0 bridgehead atoms. The van der Waals surface area contributed by atoms with Gasteiger partial charge in [0.05, 0.1) is 5.38 Å². The van der Waals surface area contributed by atoms with Crippen molar-refractivity contribution < 1.29 is 0 Å². The van der Waals surface area contributed by atoms with Gasteiger partial charge in [-0.2, -0.15) is 0 Å². The maximum Gasteiger partial charge on any atom is 0.0571 e. The molecule has 0 radical (unpaired) electrons. The van der Waals surface area contributed by atoms with Crippen molar-refractivity contribution in [1.82, 2.24) is 5.32 Å². The molecule has 1 N–H and O–H groups in total. The zero-order valence-corrected chi connectivity index (χ0v) is 12.1. The molecular formula is C18H18ClN. The van der Waals surface area contributed by atoms with E-state index in [4.69, 9.17) is 11.6 Å². The van der Waals surface area contributed by atoms with Crippen molar-refractivity contribution in [3.63, 3.8) is 0 Å². The Hall–Kier alpha value is -1.31. The van der Waals surface area contributed by atoms with Crippen molar-refractivity contribution in [3.8, 4) is 0 Å². The molecule has 20 heavy (non-hydrogen) atoms. The number of nitrogens with one attached hydrogen (secondary N) is 1. The van der Waals surface area contributed by atoms with Crippen LogP contribution in [0.4, 0.5) is 0 Å². The summed E-state index contributed by atoms with van der Waals surface area (Å²) in [6, 6.07) is 17.7. The quantitative estimate of drug-likeness (QED) is 0.845. The van der Waals surface area contributed by atoms with E-state index in [0.717, 1.165) is 13.0 Å². The zero-order chi connectivity index (χ0) is 13.5. The van der Waals surface area contributed by atoms with Crippen LogP contribution in [0.15, 0.2) is 48.5 Å². The molecule has 2 aromatic rings. The van der Waals surface area contributed by atoms with E-state index in [0.29, 0.717) is 12.0 Å². The average Bonchev–Trinajstić information content (AvgIpc) is 2.76. The number of hydrogen-bond donors (Lipinski definition) is 1. The number of benzene rings is 2. The molecular weight excluding hydrogens is 266 g/mol. The summed E-state index contributed by atoms with van der Waals surface area (Å²) in [7, 11) is 0. The SMILES string of the molecule is ClC1Cc2ccccc2C1NCC1Cc2ccccc21. The van der Waals surface area contributed by atoms with Crippen molar-refractivity contribution in [2.24, 2.45) is 0 Å². The van der Waals surface area contributed by atoms with Gasteiger partial charge in [-0.3, -0.25) is 0 Å². The maximum absolute atomic E-state index is 6.53. The lowest BCUT2D eigenvalue weighted by atomic mass is 9.77. The van der Waals surface area contributed by atoms with Crippen molar-refractivity contribution in [2.75, 3.05) is 6.54 Å². The smallest absolute Gasteiger partial charge is 0.0571 e. The van der Waals surface area contributed by atoms with Crippen molar-refractivity contribution in [2.45, 2.75) is 30.2 Å². The first-order valence-electron chi connectivity index (χ1n) is 7.36. The maximum atomic E-state index is 6.53. The van der Waals surface area contributed by atoms with E-state index in [2.05, 4.69) is 53.8 Å². The summed E-state index contributed by atoms with van der Waals surface area (Å²) in [4.78, 5) is 0. The summed E-state index contributed by atoms with van der Waals surface area (Å²) in [5.74, 6) is 0.655. The van der Waals surface area contributed by atoms with Gasteiger partial charge in [0.15, 0.2) is 0 Å². The van der Waals surface area contributed by atoms with Gasteiger partial charge in [-0.15, -0.1) is 11.6 Å². The van der Waals surface area contributed by atoms with Gasteiger partial charge >= 0.3 is 0 Å². The Morgan fingerprint density at radius 2 is 1.55 bits per heavy atom. The molecule has 0 heterocycles. The number of rotatable bonds is 3. The van der Waals surface area contributed by atoms with E-state index in [1.54, 1.807) is 0 Å². The topological polar surface area (TPSA) is 12.0 Å². The first-order chi connectivity index (χ1) is 9.83. The van der Waals surface area contributed by atoms with Gasteiger partial charge in [0.1, 0.15) is 0 Å². The van der Waals surface area contributed by atoms with Crippen LogP contribution >= 0.6 is 11.6 Å². The van der Waals surface area contributed by atoms with Crippen LogP contribution in [0.1, 0.15) is 34.2 Å². The molecule has 3 unspecified atom stereocenters. The summed E-state index contributed by atoms with van der Waals surface area (Å²) in [6.45, 7) is 1.03. The lowest BCUT2D eigenvalue weighted by Crippen LogP contribution is -2.33. The van der Waals surface area contributed by atoms with E-state index >= 15 is 0 Å². The molecule has 0 fully saturated rings. The number of alkyl halides is 1. The molecule has 0 amide bonds. The fourth-order valence-electron chi connectivity index (χ4n) is 3.60. The molecule has 0 aliphatic heterocycles. The second-order valence-corrected chi connectivity index (χ2v) is 6.47. The standard InChI is InChI=1S/C18H18ClN/c19-17-10-13-6-2-4-8-16(13)18(17)20-11-14-9-12-5-1-3-7-15(12)14/h1-8,14,17-18,20H,9-11H2. The monoisotopic (exact) mass is 283 g/mol. The fraction of sp³-hybridized carbons (Fsp3) is 0.333. The molecule has 0 saturated carbocycles. The van der Waals surface area contributed by atoms with Gasteiger partial charge in [0, 0.05) is 18.5 Å². The predicted octanol–water partition coefficient (Wildman–Crippen LogP) is 3.82. The van der Waals surface area contributed by atoms with Crippen LogP contribution < -0.4 is 5.32 Å². The Kier molecular flexibility index (Phi) is 3.05. The van der Waals surface area contributed by atoms with Crippen molar-refractivity contribution >= 4 is 11.6 Å². The third-order valence-corrected chi connectivity index (χ3v) is 5.12. The second kappa shape index (κ2) is 4.91. The van der Waals surface area contributed by atoms with Crippen LogP contribution in [0.3, 0.4) is 0 Å². The second-order valence-electron chi connectivity index (χ2n) is 5.90. The van der Waals surface area contributed by atoms with Crippen LogP contribution in [0.25, 0.3) is 0 Å². The summed E-state index contributed by atoms with van der Waals surface area (Å²) >= 11 is 6.53. The Morgan fingerprint density at radius 3 is 2.30 bits per heavy atom. The summed E-state index contributed by atoms with van der Waals surface area (Å²) in [5, 5.41) is 3.88. The molecule has 4 rings (SSSR count). The molecule has 2 heteroatoms. The molecule has 2 aliphatic rings. The van der Waals surface area contributed by atoms with Crippen molar-refractivity contribution in [1.29, 1.82) is 0 Å². The average molecular weight is 284 g/mol. The fourth-order valence-corrected chi connectivity index (χ4v) is 3.99. The van der Waals surface area contributed by atoms with Gasteiger partial charge in [-0.1, -0.05) is 48.5 Å². The molecule has 0 saturated heterocycles. The van der Waals surface area contributed by atoms with Crippen LogP contribution in [0, 0.1) is 0 Å². The highest BCUT2D eigenvalue weighted by molar-refractivity contribution is 6.21. The Bertz CT molecular complexity index is 637. The highest BCUT2D eigenvalue weighted by Crippen LogP contribution is 2.37. The van der Waals surface area contributed by atoms with Crippen molar-refractivity contribution in [3.05, 3.63) is 70.8 Å². The summed E-state index contributed by atoms with van der Waals surface area (Å²) < 4.78 is 0. The van der Waals surface area contributed by atoms with Crippen LogP contribution in [-0.2, 0) is 12.8 Å². The number of hydrogen-bond acceptors (Lipinski definition) is 1. The molecule has 3 atom stereocenters. The molecule has 102 valence electrons. The Balaban J connectivity index is 1.46. The van der Waals surface area contributed by atoms with Crippen LogP contribution in [-0.4, -0.2) is 11.9 Å². The van der Waals surface area contributed by atoms with Gasteiger partial charge in [0.2, 0.25) is 0 Å². The van der Waals surface area contributed by atoms with E-state index in [1.165, 1.54) is 28.7 Å². The third-order valence-electron chi connectivity index (χ3n) is 4.71. The summed E-state index contributed by atoms with van der Waals surface area (Å²) in [5.41, 5.74) is 5.81. The Morgan fingerprint density at radius 1 is 0.900 bits per heavy atom. The van der Waals surface area contributed by atoms with Crippen LogP contribution in [0.5, 0.6) is 0 Å². The first-order valence-corrected chi connectivity index (χ1v) is 7.79. The van der Waals surface area contributed by atoms with Gasteiger partial charge < -0.3 is 5.32 Å². The molecule has 2 aliphatic carbocycles. The van der Waals surface area contributed by atoms with E-state index < -0.39 is 0 Å². The lowest BCUT2D eigenvalue weighted by Gasteiger charge is -2.32. The lowest BCUT2D eigenvalue weighted by molar-refractivity contribution is 0.471. The molecule has 2 aromatic carbocycles. The molecule has 0 spiro atoms. The summed E-state index contributed by atoms with van der Waals surface area (Å²) in [6.07, 6.45) is 2.18. The number of halogens is 1. The normalized spacial score (nSPS) is 26.8. The highest BCUT2D eigenvalue weighted by Gasteiger charge is 2.32. The van der Waals surface area contributed by atoms with Gasteiger partial charge in [-0.05, 0) is 35.1 Å². The predicted molar refractivity (Wildman–Crippen MR) is 83.4 cm³/mol. The Labute approximate surface area is 125 Å². The zero-order valence-electron chi connectivity index (χ0n) is 11.4. The van der Waals surface area contributed by atoms with Crippen LogP contribution in [0.2, 0.25) is 0 Å².